The lowest BCUT2D eigenvalue weighted by Gasteiger charge is -2.06. The van der Waals surface area contributed by atoms with Crippen LogP contribution in [0.3, 0.4) is 0 Å². The highest BCUT2D eigenvalue weighted by Gasteiger charge is 2.32. The maximum Gasteiger partial charge on any atom is 0.446 e. The van der Waals surface area contributed by atoms with Gasteiger partial charge in [0.25, 0.3) is 0 Å². The molecule has 0 spiro atoms. The first-order chi connectivity index (χ1) is 9.80. The number of H-pyrrole nitrogens is 1. The Balaban J connectivity index is 2.48. The van der Waals surface area contributed by atoms with Crippen molar-refractivity contribution in [1.29, 1.82) is 0 Å². The van der Waals surface area contributed by atoms with Gasteiger partial charge in [-0.2, -0.15) is 13.2 Å². The fourth-order valence-corrected chi connectivity index (χ4v) is 2.51. The molecule has 0 aliphatic heterocycles. The van der Waals surface area contributed by atoms with Crippen molar-refractivity contribution in [2.45, 2.75) is 10.4 Å². The smallest absolute Gasteiger partial charge is 0.446 e. The van der Waals surface area contributed by atoms with E-state index in [1.807, 2.05) is 0 Å². The van der Waals surface area contributed by atoms with E-state index < -0.39 is 11.5 Å². The van der Waals surface area contributed by atoms with Crippen LogP contribution >= 0.6 is 23.4 Å². The highest BCUT2D eigenvalue weighted by atomic mass is 35.5. The molecule has 0 saturated heterocycles. The summed E-state index contributed by atoms with van der Waals surface area (Å²) in [4.78, 5) is 14.0. The fraction of sp³-hybridized carbons (Fsp3) is 0.154. The second kappa shape index (κ2) is 6.03. The normalized spacial score (nSPS) is 11.5. The van der Waals surface area contributed by atoms with Gasteiger partial charge in [-0.25, -0.2) is 4.79 Å². The molecule has 0 aliphatic carbocycles. The van der Waals surface area contributed by atoms with E-state index in [0.717, 1.165) is 13.2 Å². The van der Waals surface area contributed by atoms with Crippen molar-refractivity contribution < 1.29 is 22.7 Å². The summed E-state index contributed by atoms with van der Waals surface area (Å²) in [7, 11) is 1.15. The molecule has 1 aromatic heterocycles. The number of hydrogen-bond acceptors (Lipinski definition) is 3. The minimum absolute atomic E-state index is 0.0470. The molecule has 0 saturated carbocycles. The van der Waals surface area contributed by atoms with Crippen LogP contribution in [0, 0.1) is 0 Å². The first-order valence-corrected chi connectivity index (χ1v) is 6.82. The predicted molar refractivity (Wildman–Crippen MR) is 74.5 cm³/mol. The van der Waals surface area contributed by atoms with Crippen molar-refractivity contribution >= 4 is 29.3 Å². The Morgan fingerprint density at radius 2 is 1.90 bits per heavy atom. The number of hydrogen-bond donors (Lipinski definition) is 1. The first-order valence-electron chi connectivity index (χ1n) is 5.63. The molecule has 1 heterocycles. The van der Waals surface area contributed by atoms with Crippen molar-refractivity contribution in [2.24, 2.45) is 0 Å². The summed E-state index contributed by atoms with van der Waals surface area (Å²) in [5.41, 5.74) is -3.83. The highest BCUT2D eigenvalue weighted by Crippen LogP contribution is 2.42. The fourth-order valence-electron chi connectivity index (χ4n) is 1.69. The summed E-state index contributed by atoms with van der Waals surface area (Å²) >= 11 is 5.46. The largest absolute Gasteiger partial charge is 0.464 e. The third kappa shape index (κ3) is 3.95. The Bertz CT molecular complexity index is 652. The molecule has 8 heteroatoms. The van der Waals surface area contributed by atoms with Crippen molar-refractivity contribution in [3.05, 3.63) is 41.0 Å². The van der Waals surface area contributed by atoms with Gasteiger partial charge in [-0.15, -0.1) is 0 Å². The summed E-state index contributed by atoms with van der Waals surface area (Å²) in [5, 5.41) is 0.462. The Morgan fingerprint density at radius 1 is 1.29 bits per heavy atom. The van der Waals surface area contributed by atoms with E-state index in [1.165, 1.54) is 0 Å². The van der Waals surface area contributed by atoms with Crippen molar-refractivity contribution in [1.82, 2.24) is 4.98 Å². The SMILES string of the molecule is COC(=O)c1cc(SC(F)(F)F)c(-c2ccc(Cl)cc2)[nH]1. The van der Waals surface area contributed by atoms with Gasteiger partial charge in [0.1, 0.15) is 5.69 Å². The van der Waals surface area contributed by atoms with Crippen molar-refractivity contribution in [3.8, 4) is 11.3 Å². The molecule has 0 bridgehead atoms. The number of esters is 1. The minimum atomic E-state index is -4.46. The van der Waals surface area contributed by atoms with Gasteiger partial charge in [0.05, 0.1) is 12.8 Å². The summed E-state index contributed by atoms with van der Waals surface area (Å²) < 4.78 is 42.3. The standard InChI is InChI=1S/C13H9ClF3NO2S/c1-20-12(19)9-6-10(21-13(15,16)17)11(18-9)7-2-4-8(14)5-3-7/h2-6,18H,1H3. The maximum atomic E-state index is 12.6. The molecule has 112 valence electrons. The average Bonchev–Trinajstić information content (AvgIpc) is 2.80. The monoisotopic (exact) mass is 335 g/mol. The van der Waals surface area contributed by atoms with Gasteiger partial charge in [-0.1, -0.05) is 23.7 Å². The van der Waals surface area contributed by atoms with Crippen molar-refractivity contribution in [2.75, 3.05) is 7.11 Å². The van der Waals surface area contributed by atoms with Crippen LogP contribution in [0.2, 0.25) is 5.02 Å². The predicted octanol–water partition coefficient (Wildman–Crippen LogP) is 4.73. The second-order valence-corrected chi connectivity index (χ2v) is 5.51. The molecule has 2 aromatic rings. The van der Waals surface area contributed by atoms with E-state index in [1.54, 1.807) is 24.3 Å². The Kier molecular flexibility index (Phi) is 4.53. The Labute approximate surface area is 127 Å². The van der Waals surface area contributed by atoms with E-state index in [2.05, 4.69) is 9.72 Å². The van der Waals surface area contributed by atoms with E-state index in [0.29, 0.717) is 10.6 Å². The van der Waals surface area contributed by atoms with Gasteiger partial charge < -0.3 is 9.72 Å². The van der Waals surface area contributed by atoms with E-state index in [4.69, 9.17) is 11.6 Å². The molecule has 0 atom stereocenters. The van der Waals surface area contributed by atoms with Crippen LogP contribution in [0.25, 0.3) is 11.3 Å². The van der Waals surface area contributed by atoms with Gasteiger partial charge in [0.15, 0.2) is 0 Å². The summed E-state index contributed by atoms with van der Waals surface area (Å²) in [6, 6.07) is 7.36. The zero-order valence-corrected chi connectivity index (χ0v) is 12.2. The molecule has 1 aromatic carbocycles. The Morgan fingerprint density at radius 3 is 2.43 bits per heavy atom. The topological polar surface area (TPSA) is 42.1 Å². The van der Waals surface area contributed by atoms with Crippen LogP contribution in [0.15, 0.2) is 35.2 Å². The van der Waals surface area contributed by atoms with Gasteiger partial charge >= 0.3 is 11.5 Å². The van der Waals surface area contributed by atoms with E-state index >= 15 is 0 Å². The number of thioether (sulfide) groups is 1. The number of carbonyl (C=O) groups is 1. The van der Waals surface area contributed by atoms with Crippen LogP contribution in [-0.2, 0) is 4.74 Å². The van der Waals surface area contributed by atoms with Crippen molar-refractivity contribution in [3.63, 3.8) is 0 Å². The van der Waals surface area contributed by atoms with Crippen LogP contribution < -0.4 is 0 Å². The Hall–Kier alpha value is -1.60. The lowest BCUT2D eigenvalue weighted by atomic mass is 10.2. The molecule has 2 rings (SSSR count). The molecular formula is C13H9ClF3NO2S. The molecule has 1 N–H and O–H groups in total. The zero-order chi connectivity index (χ0) is 15.6. The third-order valence-electron chi connectivity index (χ3n) is 2.55. The molecule has 0 amide bonds. The molecule has 0 radical (unpaired) electrons. The molecule has 21 heavy (non-hydrogen) atoms. The summed E-state index contributed by atoms with van der Waals surface area (Å²) in [5.74, 6) is -0.737. The van der Waals surface area contributed by atoms with E-state index in [9.17, 15) is 18.0 Å². The van der Waals surface area contributed by atoms with Gasteiger partial charge in [-0.3, -0.25) is 0 Å². The zero-order valence-electron chi connectivity index (χ0n) is 10.6. The quantitative estimate of drug-likeness (QED) is 0.651. The molecular weight excluding hydrogens is 327 g/mol. The number of carbonyl (C=O) groups excluding carboxylic acids is 1. The van der Waals surface area contributed by atoms with Gasteiger partial charge in [-0.05, 0) is 35.5 Å². The number of benzene rings is 1. The van der Waals surface area contributed by atoms with Crippen LogP contribution in [0.5, 0.6) is 0 Å². The first kappa shape index (κ1) is 15.8. The number of ether oxygens (including phenoxy) is 1. The number of aromatic nitrogens is 1. The summed E-state index contributed by atoms with van der Waals surface area (Å²) in [6.07, 6.45) is 0. The van der Waals surface area contributed by atoms with Gasteiger partial charge in [0, 0.05) is 9.92 Å². The molecule has 0 unspecified atom stereocenters. The number of halogens is 4. The van der Waals surface area contributed by atoms with Crippen LogP contribution in [0.4, 0.5) is 13.2 Å². The van der Waals surface area contributed by atoms with Crippen LogP contribution in [-0.4, -0.2) is 23.6 Å². The van der Waals surface area contributed by atoms with Gasteiger partial charge in [0.2, 0.25) is 0 Å². The molecule has 0 aliphatic rings. The maximum absolute atomic E-state index is 12.6. The van der Waals surface area contributed by atoms with E-state index in [-0.39, 0.29) is 28.0 Å². The minimum Gasteiger partial charge on any atom is -0.464 e. The van der Waals surface area contributed by atoms with Crippen LogP contribution in [0.1, 0.15) is 10.5 Å². The summed E-state index contributed by atoms with van der Waals surface area (Å²) in [6.45, 7) is 0. The molecule has 3 nitrogen and oxygen atoms in total. The number of nitrogens with one attached hydrogen (secondary N) is 1. The lowest BCUT2D eigenvalue weighted by Crippen LogP contribution is -2.01. The number of aromatic amines is 1. The lowest BCUT2D eigenvalue weighted by molar-refractivity contribution is -0.0328. The third-order valence-corrected chi connectivity index (χ3v) is 3.57. The number of alkyl halides is 3. The average molecular weight is 336 g/mol. The number of rotatable bonds is 3. The number of methoxy groups -OCH3 is 1. The highest BCUT2D eigenvalue weighted by molar-refractivity contribution is 8.00. The second-order valence-electron chi connectivity index (χ2n) is 3.97. The molecule has 0 fully saturated rings.